The minimum Gasteiger partial charge on any atom is -0.248 e. The van der Waals surface area contributed by atoms with Crippen LogP contribution in [0, 0.1) is 0 Å². The molecule has 1 atom stereocenters. The SMILES string of the molecule is CC.CCC(C)F. The molecule has 0 aliphatic carbocycles. The van der Waals surface area contributed by atoms with Crippen LogP contribution >= 0.6 is 0 Å². The van der Waals surface area contributed by atoms with Crippen molar-refractivity contribution in [2.24, 2.45) is 0 Å². The van der Waals surface area contributed by atoms with Crippen LogP contribution < -0.4 is 0 Å². The highest BCUT2D eigenvalue weighted by Gasteiger charge is 1.85. The number of hydrogen-bond acceptors (Lipinski definition) is 0. The van der Waals surface area contributed by atoms with Gasteiger partial charge in [-0.15, -0.1) is 0 Å². The first-order valence-corrected chi connectivity index (χ1v) is 2.91. The van der Waals surface area contributed by atoms with E-state index in [0.717, 1.165) is 0 Å². The lowest BCUT2D eigenvalue weighted by molar-refractivity contribution is 0.352. The van der Waals surface area contributed by atoms with E-state index >= 15 is 0 Å². The molecule has 0 N–H and O–H groups in total. The summed E-state index contributed by atoms with van der Waals surface area (Å²) < 4.78 is 11.4. The smallest absolute Gasteiger partial charge is 0.0971 e. The van der Waals surface area contributed by atoms with Gasteiger partial charge in [0.1, 0.15) is 0 Å². The molecule has 0 aromatic carbocycles. The second-order valence-electron chi connectivity index (χ2n) is 1.19. The Balaban J connectivity index is 0. The quantitative estimate of drug-likeness (QED) is 0.482. The molecule has 1 heteroatoms. The van der Waals surface area contributed by atoms with Crippen molar-refractivity contribution < 1.29 is 4.39 Å². The van der Waals surface area contributed by atoms with Gasteiger partial charge in [-0.1, -0.05) is 20.8 Å². The van der Waals surface area contributed by atoms with Crippen molar-refractivity contribution in [3.63, 3.8) is 0 Å². The predicted molar refractivity (Wildman–Crippen MR) is 32.2 cm³/mol. The van der Waals surface area contributed by atoms with E-state index in [1.54, 1.807) is 6.92 Å². The van der Waals surface area contributed by atoms with Gasteiger partial charge in [-0.25, -0.2) is 4.39 Å². The number of halogens is 1. The van der Waals surface area contributed by atoms with Gasteiger partial charge >= 0.3 is 0 Å². The van der Waals surface area contributed by atoms with Crippen molar-refractivity contribution in [2.75, 3.05) is 0 Å². The van der Waals surface area contributed by atoms with Crippen molar-refractivity contribution in [2.45, 2.75) is 40.3 Å². The molecule has 0 saturated carbocycles. The molecule has 0 fully saturated rings. The fourth-order valence-corrected chi connectivity index (χ4v) is 0. The lowest BCUT2D eigenvalue weighted by Gasteiger charge is -1.86. The number of alkyl halides is 1. The zero-order chi connectivity index (χ0) is 6.28. The molecular formula is C6H15F. The second kappa shape index (κ2) is 9.33. The van der Waals surface area contributed by atoms with Crippen LogP contribution in [0.5, 0.6) is 0 Å². The maximum absolute atomic E-state index is 11.4. The van der Waals surface area contributed by atoms with Crippen LogP contribution in [0.15, 0.2) is 0 Å². The molecule has 0 amide bonds. The van der Waals surface area contributed by atoms with Gasteiger partial charge in [0.05, 0.1) is 6.17 Å². The Kier molecular flexibility index (Phi) is 13.4. The molecule has 46 valence electrons. The van der Waals surface area contributed by atoms with Gasteiger partial charge in [-0.05, 0) is 13.3 Å². The van der Waals surface area contributed by atoms with Gasteiger partial charge in [0.2, 0.25) is 0 Å². The average Bonchev–Trinajstić information content (AvgIpc) is 1.73. The zero-order valence-electron chi connectivity index (χ0n) is 5.66. The first-order valence-electron chi connectivity index (χ1n) is 2.91. The molecule has 0 aromatic rings. The third kappa shape index (κ3) is 24.6. The highest BCUT2D eigenvalue weighted by Crippen LogP contribution is 1.90. The van der Waals surface area contributed by atoms with Crippen molar-refractivity contribution in [3.8, 4) is 0 Å². The monoisotopic (exact) mass is 106 g/mol. The average molecular weight is 106 g/mol. The topological polar surface area (TPSA) is 0 Å². The molecule has 0 bridgehead atoms. The fraction of sp³-hybridized carbons (Fsp3) is 1.00. The van der Waals surface area contributed by atoms with E-state index in [-0.39, 0.29) is 0 Å². The number of rotatable bonds is 1. The van der Waals surface area contributed by atoms with E-state index < -0.39 is 6.17 Å². The maximum atomic E-state index is 11.4. The molecular weight excluding hydrogens is 91.1 g/mol. The Morgan fingerprint density at radius 1 is 1.43 bits per heavy atom. The Hall–Kier alpha value is -0.0700. The van der Waals surface area contributed by atoms with Crippen LogP contribution in [0.25, 0.3) is 0 Å². The molecule has 0 heterocycles. The summed E-state index contributed by atoms with van der Waals surface area (Å²) in [6, 6.07) is 0. The standard InChI is InChI=1S/C4H9F.C2H6/c1-3-4(2)5;1-2/h4H,3H2,1-2H3;1-2H3. The van der Waals surface area contributed by atoms with Crippen LogP contribution in [0.2, 0.25) is 0 Å². The Labute approximate surface area is 45.7 Å². The Morgan fingerprint density at radius 2 is 1.57 bits per heavy atom. The van der Waals surface area contributed by atoms with Crippen molar-refractivity contribution in [1.29, 1.82) is 0 Å². The molecule has 0 saturated heterocycles. The first-order chi connectivity index (χ1) is 3.27. The van der Waals surface area contributed by atoms with Crippen LogP contribution in [-0.4, -0.2) is 6.17 Å². The van der Waals surface area contributed by atoms with E-state index in [9.17, 15) is 4.39 Å². The molecule has 0 aliphatic heterocycles. The normalized spacial score (nSPS) is 11.6. The molecule has 0 rings (SSSR count). The molecule has 0 aliphatic rings. The summed E-state index contributed by atoms with van der Waals surface area (Å²) in [5.41, 5.74) is 0. The lowest BCUT2D eigenvalue weighted by atomic mass is 10.4. The van der Waals surface area contributed by atoms with Crippen LogP contribution in [-0.2, 0) is 0 Å². The van der Waals surface area contributed by atoms with Crippen molar-refractivity contribution in [1.82, 2.24) is 0 Å². The molecule has 0 nitrogen and oxygen atoms in total. The molecule has 1 unspecified atom stereocenters. The van der Waals surface area contributed by atoms with Gasteiger partial charge < -0.3 is 0 Å². The lowest BCUT2D eigenvalue weighted by Crippen LogP contribution is -1.83. The predicted octanol–water partition coefficient (Wildman–Crippen LogP) is 2.78. The van der Waals surface area contributed by atoms with Crippen LogP contribution in [0.3, 0.4) is 0 Å². The minimum atomic E-state index is -0.616. The Morgan fingerprint density at radius 3 is 1.57 bits per heavy atom. The van der Waals surface area contributed by atoms with E-state index in [1.165, 1.54) is 0 Å². The molecule has 7 heavy (non-hydrogen) atoms. The van der Waals surface area contributed by atoms with E-state index in [4.69, 9.17) is 0 Å². The fourth-order valence-electron chi connectivity index (χ4n) is 0. The third-order valence-electron chi connectivity index (χ3n) is 0.563. The van der Waals surface area contributed by atoms with Gasteiger partial charge in [0.25, 0.3) is 0 Å². The van der Waals surface area contributed by atoms with Crippen molar-refractivity contribution >= 4 is 0 Å². The Bertz CT molecular complexity index is 18.1. The van der Waals surface area contributed by atoms with E-state index in [2.05, 4.69) is 0 Å². The zero-order valence-corrected chi connectivity index (χ0v) is 5.66. The molecule has 0 spiro atoms. The summed E-state index contributed by atoms with van der Waals surface area (Å²) in [5.74, 6) is 0. The minimum absolute atomic E-state index is 0.616. The summed E-state index contributed by atoms with van der Waals surface area (Å²) >= 11 is 0. The van der Waals surface area contributed by atoms with Crippen LogP contribution in [0.4, 0.5) is 4.39 Å². The summed E-state index contributed by atoms with van der Waals surface area (Å²) in [6.07, 6.45) is 0.0231. The summed E-state index contributed by atoms with van der Waals surface area (Å²) in [6.45, 7) is 7.38. The van der Waals surface area contributed by atoms with Gasteiger partial charge in [-0.2, -0.15) is 0 Å². The van der Waals surface area contributed by atoms with Gasteiger partial charge in [-0.3, -0.25) is 0 Å². The largest absolute Gasteiger partial charge is 0.248 e. The summed E-state index contributed by atoms with van der Waals surface area (Å²) in [7, 11) is 0. The highest BCUT2D eigenvalue weighted by molar-refractivity contribution is 4.35. The highest BCUT2D eigenvalue weighted by atomic mass is 19.1. The summed E-state index contributed by atoms with van der Waals surface area (Å²) in [4.78, 5) is 0. The maximum Gasteiger partial charge on any atom is 0.0971 e. The molecule has 0 radical (unpaired) electrons. The first kappa shape index (κ1) is 10.0. The summed E-state index contributed by atoms with van der Waals surface area (Å²) in [5, 5.41) is 0. The van der Waals surface area contributed by atoms with Crippen LogP contribution in [0.1, 0.15) is 34.1 Å². The number of hydrogen-bond donors (Lipinski definition) is 0. The van der Waals surface area contributed by atoms with Crippen molar-refractivity contribution in [3.05, 3.63) is 0 Å². The second-order valence-corrected chi connectivity index (χ2v) is 1.19. The van der Waals surface area contributed by atoms with E-state index in [0.29, 0.717) is 6.42 Å². The van der Waals surface area contributed by atoms with Gasteiger partial charge in [0, 0.05) is 0 Å². The van der Waals surface area contributed by atoms with Gasteiger partial charge in [0.15, 0.2) is 0 Å². The van der Waals surface area contributed by atoms with E-state index in [1.807, 2.05) is 20.8 Å². The third-order valence-corrected chi connectivity index (χ3v) is 0.563. The molecule has 0 aromatic heterocycles.